The summed E-state index contributed by atoms with van der Waals surface area (Å²) in [6.45, 7) is 0.649. The van der Waals surface area contributed by atoms with Gasteiger partial charge in [-0.2, -0.15) is 5.26 Å². The maximum absolute atomic E-state index is 11.5. The molecule has 84 valence electrons. The first-order valence-electron chi connectivity index (χ1n) is 5.46. The molecule has 0 bridgehead atoms. The highest BCUT2D eigenvalue weighted by atomic mass is 16.5. The number of nitrogens with zero attached hydrogens (tertiary/aromatic N) is 2. The molecule has 0 aliphatic heterocycles. The van der Waals surface area contributed by atoms with E-state index in [-0.39, 0.29) is 18.6 Å². The van der Waals surface area contributed by atoms with Gasteiger partial charge in [-0.15, -0.1) is 0 Å². The Balaban J connectivity index is 2.14. The van der Waals surface area contributed by atoms with Gasteiger partial charge in [0.2, 0.25) is 5.91 Å². The van der Waals surface area contributed by atoms with Gasteiger partial charge in [0.25, 0.3) is 0 Å². The molecular weight excluding hydrogens is 192 g/mol. The molecule has 0 atom stereocenters. The van der Waals surface area contributed by atoms with E-state index >= 15 is 0 Å². The number of rotatable bonds is 5. The Labute approximate surface area is 90.8 Å². The van der Waals surface area contributed by atoms with Crippen LogP contribution in [-0.2, 0) is 9.53 Å². The minimum absolute atomic E-state index is 0.0304. The highest BCUT2D eigenvalue weighted by Crippen LogP contribution is 2.20. The average molecular weight is 210 g/mol. The van der Waals surface area contributed by atoms with Crippen molar-refractivity contribution in [3.05, 3.63) is 0 Å². The van der Waals surface area contributed by atoms with Crippen LogP contribution in [0.15, 0.2) is 0 Å². The molecule has 1 aliphatic rings. The Hall–Kier alpha value is -1.08. The molecular formula is C11H18N2O2. The van der Waals surface area contributed by atoms with Crippen molar-refractivity contribution in [3.8, 4) is 6.07 Å². The monoisotopic (exact) mass is 210 g/mol. The molecule has 1 aliphatic carbocycles. The molecule has 0 unspecified atom stereocenters. The summed E-state index contributed by atoms with van der Waals surface area (Å²) in [6, 6.07) is 2.02. The van der Waals surface area contributed by atoms with Crippen LogP contribution in [0.25, 0.3) is 0 Å². The zero-order valence-corrected chi connectivity index (χ0v) is 9.24. The van der Waals surface area contributed by atoms with Crippen molar-refractivity contribution in [1.82, 2.24) is 4.90 Å². The molecule has 1 saturated carbocycles. The van der Waals surface area contributed by atoms with E-state index in [0.717, 1.165) is 12.8 Å². The summed E-state index contributed by atoms with van der Waals surface area (Å²) >= 11 is 0. The highest BCUT2D eigenvalue weighted by molar-refractivity contribution is 5.77. The zero-order chi connectivity index (χ0) is 11.1. The molecule has 1 rings (SSSR count). The van der Waals surface area contributed by atoms with Crippen LogP contribution in [-0.4, -0.2) is 37.1 Å². The van der Waals surface area contributed by atoms with Crippen LogP contribution in [0.4, 0.5) is 0 Å². The number of ether oxygens (including phenoxy) is 1. The molecule has 4 heteroatoms. The minimum atomic E-state index is -0.0304. The summed E-state index contributed by atoms with van der Waals surface area (Å²) in [7, 11) is 1.71. The van der Waals surface area contributed by atoms with Crippen LogP contribution in [0.3, 0.4) is 0 Å². The van der Waals surface area contributed by atoms with Crippen molar-refractivity contribution >= 4 is 5.91 Å². The predicted molar refractivity (Wildman–Crippen MR) is 56.1 cm³/mol. The summed E-state index contributed by atoms with van der Waals surface area (Å²) < 4.78 is 5.49. The number of hydrogen-bond donors (Lipinski definition) is 0. The summed E-state index contributed by atoms with van der Waals surface area (Å²) in [5.74, 6) is -0.0304. The van der Waals surface area contributed by atoms with E-state index in [1.165, 1.54) is 12.8 Å². The molecule has 0 spiro atoms. The standard InChI is InChI=1S/C11H18N2O2/c1-13(8-4-7-12)11(14)9-15-10-5-2-3-6-10/h10H,2-6,8-9H2,1H3. The van der Waals surface area contributed by atoms with Crippen molar-refractivity contribution in [2.45, 2.75) is 38.2 Å². The molecule has 0 aromatic heterocycles. The molecule has 0 saturated heterocycles. The van der Waals surface area contributed by atoms with Crippen LogP contribution in [0.1, 0.15) is 32.1 Å². The number of amides is 1. The van der Waals surface area contributed by atoms with Crippen molar-refractivity contribution in [2.24, 2.45) is 0 Å². The van der Waals surface area contributed by atoms with E-state index in [4.69, 9.17) is 10.00 Å². The van der Waals surface area contributed by atoms with Gasteiger partial charge in [-0.1, -0.05) is 12.8 Å². The summed E-state index contributed by atoms with van der Waals surface area (Å²) in [4.78, 5) is 13.1. The lowest BCUT2D eigenvalue weighted by atomic mass is 10.3. The van der Waals surface area contributed by atoms with E-state index in [1.54, 1.807) is 11.9 Å². The minimum Gasteiger partial charge on any atom is -0.368 e. The Morgan fingerprint density at radius 1 is 1.53 bits per heavy atom. The molecule has 0 aromatic carbocycles. The molecule has 4 nitrogen and oxygen atoms in total. The lowest BCUT2D eigenvalue weighted by Gasteiger charge is -2.17. The second-order valence-electron chi connectivity index (χ2n) is 3.94. The number of carbonyl (C=O) groups excluding carboxylic acids is 1. The fourth-order valence-corrected chi connectivity index (χ4v) is 1.70. The third-order valence-corrected chi connectivity index (χ3v) is 2.73. The Morgan fingerprint density at radius 2 is 2.20 bits per heavy atom. The summed E-state index contributed by atoms with van der Waals surface area (Å²) in [5, 5.41) is 8.38. The first kappa shape index (κ1) is 12.0. The zero-order valence-electron chi connectivity index (χ0n) is 9.24. The molecule has 0 N–H and O–H groups in total. The number of likely N-dealkylation sites (N-methyl/N-ethyl adjacent to an activating group) is 1. The first-order chi connectivity index (χ1) is 7.24. The number of hydrogen-bond acceptors (Lipinski definition) is 3. The molecule has 15 heavy (non-hydrogen) atoms. The van der Waals surface area contributed by atoms with Crippen LogP contribution in [0.5, 0.6) is 0 Å². The summed E-state index contributed by atoms with van der Waals surface area (Å²) in [6.07, 6.45) is 5.24. The molecule has 0 aromatic rings. The quantitative estimate of drug-likeness (QED) is 0.687. The smallest absolute Gasteiger partial charge is 0.248 e. The third-order valence-electron chi connectivity index (χ3n) is 2.73. The maximum Gasteiger partial charge on any atom is 0.248 e. The van der Waals surface area contributed by atoms with Gasteiger partial charge in [0, 0.05) is 13.6 Å². The van der Waals surface area contributed by atoms with Gasteiger partial charge in [0.15, 0.2) is 0 Å². The SMILES string of the molecule is CN(CCC#N)C(=O)COC1CCCC1. The number of nitriles is 1. The second kappa shape index (κ2) is 6.41. The van der Waals surface area contributed by atoms with E-state index < -0.39 is 0 Å². The Bertz CT molecular complexity index is 241. The van der Waals surface area contributed by atoms with Crippen molar-refractivity contribution in [2.75, 3.05) is 20.2 Å². The lowest BCUT2D eigenvalue weighted by molar-refractivity contribution is -0.136. The summed E-state index contributed by atoms with van der Waals surface area (Å²) in [5.41, 5.74) is 0. The molecule has 1 amide bonds. The van der Waals surface area contributed by atoms with Gasteiger partial charge in [0.05, 0.1) is 18.6 Å². The normalized spacial score (nSPS) is 16.3. The van der Waals surface area contributed by atoms with Gasteiger partial charge in [-0.25, -0.2) is 0 Å². The van der Waals surface area contributed by atoms with Crippen molar-refractivity contribution in [3.63, 3.8) is 0 Å². The average Bonchev–Trinajstić information content (AvgIpc) is 2.75. The number of carbonyl (C=O) groups is 1. The van der Waals surface area contributed by atoms with E-state index in [2.05, 4.69) is 0 Å². The van der Waals surface area contributed by atoms with E-state index in [1.807, 2.05) is 6.07 Å². The Morgan fingerprint density at radius 3 is 2.80 bits per heavy atom. The predicted octanol–water partition coefficient (Wildman–Crippen LogP) is 1.32. The van der Waals surface area contributed by atoms with Crippen LogP contribution >= 0.6 is 0 Å². The van der Waals surface area contributed by atoms with Gasteiger partial charge < -0.3 is 9.64 Å². The first-order valence-corrected chi connectivity index (χ1v) is 5.46. The van der Waals surface area contributed by atoms with Crippen LogP contribution < -0.4 is 0 Å². The Kier molecular flexibility index (Phi) is 5.13. The van der Waals surface area contributed by atoms with Crippen molar-refractivity contribution in [1.29, 1.82) is 5.26 Å². The largest absolute Gasteiger partial charge is 0.368 e. The van der Waals surface area contributed by atoms with Crippen LogP contribution in [0.2, 0.25) is 0 Å². The maximum atomic E-state index is 11.5. The van der Waals surface area contributed by atoms with E-state index in [9.17, 15) is 4.79 Å². The second-order valence-corrected chi connectivity index (χ2v) is 3.94. The van der Waals surface area contributed by atoms with Gasteiger partial charge in [0.1, 0.15) is 6.61 Å². The van der Waals surface area contributed by atoms with Gasteiger partial charge in [-0.05, 0) is 12.8 Å². The van der Waals surface area contributed by atoms with E-state index in [0.29, 0.717) is 13.0 Å². The third kappa shape index (κ3) is 4.30. The molecule has 1 fully saturated rings. The lowest BCUT2D eigenvalue weighted by Crippen LogP contribution is -2.32. The fourth-order valence-electron chi connectivity index (χ4n) is 1.70. The van der Waals surface area contributed by atoms with Gasteiger partial charge >= 0.3 is 0 Å². The molecule has 0 heterocycles. The highest BCUT2D eigenvalue weighted by Gasteiger charge is 2.17. The van der Waals surface area contributed by atoms with Crippen molar-refractivity contribution < 1.29 is 9.53 Å². The fraction of sp³-hybridized carbons (Fsp3) is 0.818. The molecule has 0 radical (unpaired) electrons. The topological polar surface area (TPSA) is 53.3 Å². The van der Waals surface area contributed by atoms with Gasteiger partial charge in [-0.3, -0.25) is 4.79 Å². The van der Waals surface area contributed by atoms with Crippen LogP contribution in [0, 0.1) is 11.3 Å².